The van der Waals surface area contributed by atoms with Crippen molar-refractivity contribution in [3.05, 3.63) is 35.1 Å². The second-order valence-electron chi connectivity index (χ2n) is 5.36. The van der Waals surface area contributed by atoms with Crippen LogP contribution in [0.25, 0.3) is 0 Å². The van der Waals surface area contributed by atoms with Crippen molar-refractivity contribution in [3.63, 3.8) is 0 Å². The van der Waals surface area contributed by atoms with Gasteiger partial charge in [0.1, 0.15) is 11.9 Å². The van der Waals surface area contributed by atoms with E-state index in [2.05, 4.69) is 0 Å². The standard InChI is InChI=1S/C16H23FN2O2/c1-2-21-16(20)15-5-3-4-8-19(15)11-13-9-12(10-18)6-7-14(13)17/h6-7,9,15H,2-5,8,10-11,18H2,1H3. The Labute approximate surface area is 125 Å². The summed E-state index contributed by atoms with van der Waals surface area (Å²) in [5, 5.41) is 0. The van der Waals surface area contributed by atoms with E-state index in [0.717, 1.165) is 31.4 Å². The molecule has 0 radical (unpaired) electrons. The molecule has 0 bridgehead atoms. The summed E-state index contributed by atoms with van der Waals surface area (Å²) in [4.78, 5) is 14.0. The predicted octanol–water partition coefficient (Wildman–Crippen LogP) is 2.20. The minimum absolute atomic E-state index is 0.201. The molecule has 1 aliphatic rings. The topological polar surface area (TPSA) is 55.6 Å². The summed E-state index contributed by atoms with van der Waals surface area (Å²) in [6, 6.07) is 4.66. The van der Waals surface area contributed by atoms with E-state index < -0.39 is 0 Å². The monoisotopic (exact) mass is 294 g/mol. The quantitative estimate of drug-likeness (QED) is 0.846. The summed E-state index contributed by atoms with van der Waals surface area (Å²) in [7, 11) is 0. The zero-order valence-electron chi connectivity index (χ0n) is 12.5. The highest BCUT2D eigenvalue weighted by Gasteiger charge is 2.30. The lowest BCUT2D eigenvalue weighted by atomic mass is 10.0. The van der Waals surface area contributed by atoms with Gasteiger partial charge >= 0.3 is 5.97 Å². The molecule has 4 nitrogen and oxygen atoms in total. The molecular formula is C16H23FN2O2. The Balaban J connectivity index is 2.13. The molecule has 0 aliphatic carbocycles. The molecule has 0 saturated carbocycles. The molecule has 1 unspecified atom stereocenters. The van der Waals surface area contributed by atoms with Crippen molar-refractivity contribution in [1.29, 1.82) is 0 Å². The van der Waals surface area contributed by atoms with Crippen LogP contribution in [-0.2, 0) is 22.6 Å². The van der Waals surface area contributed by atoms with Crippen LogP contribution in [0.3, 0.4) is 0 Å². The first-order valence-corrected chi connectivity index (χ1v) is 7.53. The molecule has 1 aromatic carbocycles. The normalized spacial score (nSPS) is 19.5. The highest BCUT2D eigenvalue weighted by Crippen LogP contribution is 2.22. The van der Waals surface area contributed by atoms with Crippen molar-refractivity contribution in [1.82, 2.24) is 4.90 Å². The number of piperidine rings is 1. The molecule has 116 valence electrons. The van der Waals surface area contributed by atoms with Crippen molar-refractivity contribution < 1.29 is 13.9 Å². The van der Waals surface area contributed by atoms with Crippen molar-refractivity contribution in [3.8, 4) is 0 Å². The number of esters is 1. The van der Waals surface area contributed by atoms with Crippen LogP contribution in [0.1, 0.15) is 37.3 Å². The summed E-state index contributed by atoms with van der Waals surface area (Å²) in [5.41, 5.74) is 7.10. The summed E-state index contributed by atoms with van der Waals surface area (Å²) < 4.78 is 19.1. The number of carbonyl (C=O) groups excluding carboxylic acids is 1. The van der Waals surface area contributed by atoms with E-state index in [1.807, 2.05) is 4.90 Å². The molecule has 1 atom stereocenters. The zero-order valence-corrected chi connectivity index (χ0v) is 12.5. The Morgan fingerprint density at radius 2 is 2.29 bits per heavy atom. The first kappa shape index (κ1) is 15.9. The number of hydrogen-bond acceptors (Lipinski definition) is 4. The van der Waals surface area contributed by atoms with E-state index in [4.69, 9.17) is 10.5 Å². The summed E-state index contributed by atoms with van der Waals surface area (Å²) in [6.07, 6.45) is 2.80. The Morgan fingerprint density at radius 1 is 1.48 bits per heavy atom. The average Bonchev–Trinajstić information content (AvgIpc) is 2.50. The summed E-state index contributed by atoms with van der Waals surface area (Å²) in [5.74, 6) is -0.451. The maximum Gasteiger partial charge on any atom is 0.323 e. The molecule has 0 aromatic heterocycles. The Bertz CT molecular complexity index is 493. The maximum absolute atomic E-state index is 14.0. The second-order valence-corrected chi connectivity index (χ2v) is 5.36. The van der Waals surface area contributed by atoms with Crippen LogP contribution in [0.2, 0.25) is 0 Å². The van der Waals surface area contributed by atoms with E-state index in [0.29, 0.717) is 25.3 Å². The molecule has 21 heavy (non-hydrogen) atoms. The van der Waals surface area contributed by atoms with Crippen LogP contribution in [-0.4, -0.2) is 30.1 Å². The second kappa shape index (κ2) is 7.52. The van der Waals surface area contributed by atoms with E-state index in [1.54, 1.807) is 19.1 Å². The molecule has 2 rings (SSSR count). The van der Waals surface area contributed by atoms with E-state index in [1.165, 1.54) is 6.07 Å². The Morgan fingerprint density at radius 3 is 3.00 bits per heavy atom. The van der Waals surface area contributed by atoms with Crippen LogP contribution in [0.4, 0.5) is 4.39 Å². The number of carbonyl (C=O) groups is 1. The van der Waals surface area contributed by atoms with E-state index in [9.17, 15) is 9.18 Å². The van der Waals surface area contributed by atoms with Gasteiger partial charge in [0.25, 0.3) is 0 Å². The lowest BCUT2D eigenvalue weighted by Crippen LogP contribution is -2.45. The SMILES string of the molecule is CCOC(=O)C1CCCCN1Cc1cc(CN)ccc1F. The van der Waals surface area contributed by atoms with Gasteiger partial charge in [-0.3, -0.25) is 9.69 Å². The van der Waals surface area contributed by atoms with E-state index in [-0.39, 0.29) is 17.8 Å². The number of likely N-dealkylation sites (tertiary alicyclic amines) is 1. The number of benzene rings is 1. The lowest BCUT2D eigenvalue weighted by Gasteiger charge is -2.34. The van der Waals surface area contributed by atoms with Crippen molar-refractivity contribution in [2.45, 2.75) is 45.3 Å². The van der Waals surface area contributed by atoms with Crippen LogP contribution >= 0.6 is 0 Å². The zero-order chi connectivity index (χ0) is 15.2. The molecule has 1 fully saturated rings. The number of hydrogen-bond donors (Lipinski definition) is 1. The van der Waals surface area contributed by atoms with Gasteiger partial charge in [-0.1, -0.05) is 18.6 Å². The molecular weight excluding hydrogens is 271 g/mol. The number of ether oxygens (including phenoxy) is 1. The molecule has 5 heteroatoms. The van der Waals surface area contributed by atoms with E-state index >= 15 is 0 Å². The maximum atomic E-state index is 14.0. The van der Waals surface area contributed by atoms with Gasteiger partial charge in [-0.15, -0.1) is 0 Å². The smallest absolute Gasteiger partial charge is 0.323 e. The molecule has 1 aliphatic heterocycles. The number of nitrogens with two attached hydrogens (primary N) is 1. The van der Waals surface area contributed by atoms with Gasteiger partial charge in [0.05, 0.1) is 6.61 Å². The van der Waals surface area contributed by atoms with Crippen LogP contribution in [0.15, 0.2) is 18.2 Å². The largest absolute Gasteiger partial charge is 0.465 e. The van der Waals surface area contributed by atoms with Crippen LogP contribution in [0.5, 0.6) is 0 Å². The fourth-order valence-corrected chi connectivity index (χ4v) is 2.78. The highest BCUT2D eigenvalue weighted by atomic mass is 19.1. The van der Waals surface area contributed by atoms with Gasteiger partial charge in [0.2, 0.25) is 0 Å². The minimum Gasteiger partial charge on any atom is -0.465 e. The number of nitrogens with zero attached hydrogens (tertiary/aromatic N) is 1. The fraction of sp³-hybridized carbons (Fsp3) is 0.562. The molecule has 1 heterocycles. The molecule has 1 saturated heterocycles. The third kappa shape index (κ3) is 4.02. The van der Waals surface area contributed by atoms with Gasteiger partial charge in [-0.2, -0.15) is 0 Å². The van der Waals surface area contributed by atoms with Crippen molar-refractivity contribution in [2.75, 3.05) is 13.2 Å². The minimum atomic E-state index is -0.264. The van der Waals surface area contributed by atoms with Gasteiger partial charge in [0, 0.05) is 18.7 Å². The first-order valence-electron chi connectivity index (χ1n) is 7.53. The first-order chi connectivity index (χ1) is 10.2. The third-order valence-corrected chi connectivity index (χ3v) is 3.89. The Kier molecular flexibility index (Phi) is 5.70. The van der Waals surface area contributed by atoms with Gasteiger partial charge in [-0.25, -0.2) is 4.39 Å². The van der Waals surface area contributed by atoms with Crippen LogP contribution in [0, 0.1) is 5.82 Å². The highest BCUT2D eigenvalue weighted by molar-refractivity contribution is 5.75. The lowest BCUT2D eigenvalue weighted by molar-refractivity contribution is -0.151. The van der Waals surface area contributed by atoms with Gasteiger partial charge in [0.15, 0.2) is 0 Å². The summed E-state index contributed by atoms with van der Waals surface area (Å²) >= 11 is 0. The molecule has 0 spiro atoms. The summed E-state index contributed by atoms with van der Waals surface area (Å²) in [6.45, 7) is 3.77. The van der Waals surface area contributed by atoms with Crippen LogP contribution < -0.4 is 5.73 Å². The van der Waals surface area contributed by atoms with Gasteiger partial charge < -0.3 is 10.5 Å². The Hall–Kier alpha value is -1.46. The molecule has 0 amide bonds. The average molecular weight is 294 g/mol. The fourth-order valence-electron chi connectivity index (χ4n) is 2.78. The number of halogens is 1. The van der Waals surface area contributed by atoms with Gasteiger partial charge in [-0.05, 0) is 37.9 Å². The third-order valence-electron chi connectivity index (χ3n) is 3.89. The predicted molar refractivity (Wildman–Crippen MR) is 79.0 cm³/mol. The number of rotatable bonds is 5. The molecule has 2 N–H and O–H groups in total. The van der Waals surface area contributed by atoms with Crippen molar-refractivity contribution in [2.24, 2.45) is 5.73 Å². The van der Waals surface area contributed by atoms with Crippen molar-refractivity contribution >= 4 is 5.97 Å². The molecule has 1 aromatic rings.